The Bertz CT molecular complexity index is 453. The fourth-order valence-corrected chi connectivity index (χ4v) is 3.01. The van der Waals surface area contributed by atoms with Crippen LogP contribution in [0.25, 0.3) is 0 Å². The Morgan fingerprint density at radius 1 is 1.00 bits per heavy atom. The third-order valence-electron chi connectivity index (χ3n) is 3.82. The van der Waals surface area contributed by atoms with Crippen LogP contribution < -0.4 is 14.8 Å². The molecule has 0 radical (unpaired) electrons. The number of fused-ring (bicyclic) bond motifs is 1. The van der Waals surface area contributed by atoms with E-state index < -0.39 is 0 Å². The molecule has 1 fully saturated rings. The lowest BCUT2D eigenvalue weighted by atomic mass is 9.99. The molecule has 1 saturated heterocycles. The monoisotopic (exact) mass is 277 g/mol. The predicted octanol–water partition coefficient (Wildman–Crippen LogP) is 3.22. The third-order valence-corrected chi connectivity index (χ3v) is 3.82. The molecule has 2 heterocycles. The lowest BCUT2D eigenvalue weighted by Crippen LogP contribution is -2.36. The molecule has 3 rings (SSSR count). The summed E-state index contributed by atoms with van der Waals surface area (Å²) < 4.78 is 17.2. The molecular formula is C16H23NO3. The van der Waals surface area contributed by atoms with Gasteiger partial charge in [0, 0.05) is 24.2 Å². The number of hydrogen-bond acceptors (Lipinski definition) is 4. The molecule has 2 unspecified atom stereocenters. The van der Waals surface area contributed by atoms with Crippen LogP contribution in [0.1, 0.15) is 33.1 Å². The van der Waals surface area contributed by atoms with E-state index in [0.717, 1.165) is 49.7 Å². The van der Waals surface area contributed by atoms with Gasteiger partial charge in [-0.3, -0.25) is 0 Å². The van der Waals surface area contributed by atoms with Gasteiger partial charge in [0.1, 0.15) is 0 Å². The maximum absolute atomic E-state index is 5.78. The van der Waals surface area contributed by atoms with E-state index in [9.17, 15) is 0 Å². The van der Waals surface area contributed by atoms with E-state index in [4.69, 9.17) is 14.2 Å². The molecule has 4 nitrogen and oxygen atoms in total. The summed E-state index contributed by atoms with van der Waals surface area (Å²) >= 11 is 0. The van der Waals surface area contributed by atoms with Gasteiger partial charge in [0.05, 0.1) is 25.4 Å². The van der Waals surface area contributed by atoms with Crippen LogP contribution in [-0.2, 0) is 4.74 Å². The molecule has 1 aromatic carbocycles. The van der Waals surface area contributed by atoms with Crippen molar-refractivity contribution in [2.24, 2.45) is 0 Å². The van der Waals surface area contributed by atoms with E-state index >= 15 is 0 Å². The van der Waals surface area contributed by atoms with Gasteiger partial charge in [-0.1, -0.05) is 0 Å². The third kappa shape index (κ3) is 3.18. The normalized spacial score (nSPS) is 29.6. The van der Waals surface area contributed by atoms with Gasteiger partial charge in [0.25, 0.3) is 0 Å². The summed E-state index contributed by atoms with van der Waals surface area (Å²) in [6, 6.07) is 6.57. The number of ether oxygens (including phenoxy) is 3. The van der Waals surface area contributed by atoms with Gasteiger partial charge in [-0.2, -0.15) is 0 Å². The van der Waals surface area contributed by atoms with Crippen molar-refractivity contribution in [2.75, 3.05) is 18.5 Å². The molecule has 2 atom stereocenters. The first kappa shape index (κ1) is 13.6. The van der Waals surface area contributed by atoms with Crippen LogP contribution in [0.3, 0.4) is 0 Å². The Kier molecular flexibility index (Phi) is 4.01. The van der Waals surface area contributed by atoms with Crippen LogP contribution in [0.2, 0.25) is 0 Å². The van der Waals surface area contributed by atoms with Gasteiger partial charge in [-0.05, 0) is 38.8 Å². The predicted molar refractivity (Wildman–Crippen MR) is 78.7 cm³/mol. The fourth-order valence-electron chi connectivity index (χ4n) is 3.01. The highest BCUT2D eigenvalue weighted by atomic mass is 16.5. The molecule has 110 valence electrons. The fraction of sp³-hybridized carbons (Fsp3) is 0.625. The number of benzene rings is 1. The zero-order valence-electron chi connectivity index (χ0n) is 12.2. The molecule has 1 N–H and O–H groups in total. The second-order valence-corrected chi connectivity index (χ2v) is 5.78. The SMILES string of the molecule is CC1CC(Nc2ccc3c(c2)OCCCO3)CC(C)O1. The molecule has 0 spiro atoms. The summed E-state index contributed by atoms with van der Waals surface area (Å²) in [5, 5.41) is 3.60. The van der Waals surface area contributed by atoms with Crippen molar-refractivity contribution in [3.8, 4) is 11.5 Å². The highest BCUT2D eigenvalue weighted by Crippen LogP contribution is 2.33. The zero-order valence-corrected chi connectivity index (χ0v) is 12.2. The summed E-state index contributed by atoms with van der Waals surface area (Å²) in [5.74, 6) is 1.70. The van der Waals surface area contributed by atoms with Gasteiger partial charge in [-0.25, -0.2) is 0 Å². The van der Waals surface area contributed by atoms with E-state index in [1.165, 1.54) is 0 Å². The molecule has 20 heavy (non-hydrogen) atoms. The number of anilines is 1. The van der Waals surface area contributed by atoms with Crippen LogP contribution in [-0.4, -0.2) is 31.5 Å². The van der Waals surface area contributed by atoms with Crippen molar-refractivity contribution in [3.63, 3.8) is 0 Å². The number of rotatable bonds is 2. The van der Waals surface area contributed by atoms with E-state index in [1.54, 1.807) is 0 Å². The van der Waals surface area contributed by atoms with Crippen molar-refractivity contribution in [1.29, 1.82) is 0 Å². The average molecular weight is 277 g/mol. The molecule has 0 saturated carbocycles. The van der Waals surface area contributed by atoms with Crippen LogP contribution in [0, 0.1) is 0 Å². The summed E-state index contributed by atoms with van der Waals surface area (Å²) in [4.78, 5) is 0. The quantitative estimate of drug-likeness (QED) is 0.901. The minimum absolute atomic E-state index is 0.316. The lowest BCUT2D eigenvalue weighted by molar-refractivity contribution is -0.0337. The summed E-state index contributed by atoms with van der Waals surface area (Å²) in [6.07, 6.45) is 3.65. The maximum Gasteiger partial charge on any atom is 0.163 e. The Labute approximate surface area is 120 Å². The zero-order chi connectivity index (χ0) is 13.9. The van der Waals surface area contributed by atoms with E-state index in [2.05, 4.69) is 25.2 Å². The number of hydrogen-bond donors (Lipinski definition) is 1. The minimum Gasteiger partial charge on any atom is -0.490 e. The van der Waals surface area contributed by atoms with Crippen LogP contribution in [0.4, 0.5) is 5.69 Å². The molecule has 2 aliphatic rings. The van der Waals surface area contributed by atoms with E-state index in [1.807, 2.05) is 12.1 Å². The molecular weight excluding hydrogens is 254 g/mol. The smallest absolute Gasteiger partial charge is 0.163 e. The second-order valence-electron chi connectivity index (χ2n) is 5.78. The Morgan fingerprint density at radius 3 is 2.45 bits per heavy atom. The Hall–Kier alpha value is -1.42. The Balaban J connectivity index is 1.69. The van der Waals surface area contributed by atoms with Gasteiger partial charge in [0.2, 0.25) is 0 Å². The van der Waals surface area contributed by atoms with Crippen molar-refractivity contribution < 1.29 is 14.2 Å². The van der Waals surface area contributed by atoms with Crippen LogP contribution >= 0.6 is 0 Å². The van der Waals surface area contributed by atoms with Crippen molar-refractivity contribution >= 4 is 5.69 Å². The first-order valence-corrected chi connectivity index (χ1v) is 7.52. The molecule has 0 amide bonds. The van der Waals surface area contributed by atoms with Crippen molar-refractivity contribution in [1.82, 2.24) is 0 Å². The molecule has 1 aromatic rings. The molecule has 2 aliphatic heterocycles. The summed E-state index contributed by atoms with van der Waals surface area (Å²) in [6.45, 7) is 5.73. The lowest BCUT2D eigenvalue weighted by Gasteiger charge is -2.33. The first-order chi connectivity index (χ1) is 9.70. The highest BCUT2D eigenvalue weighted by molar-refractivity contribution is 5.55. The van der Waals surface area contributed by atoms with E-state index in [0.29, 0.717) is 18.2 Å². The molecule has 4 heteroatoms. The minimum atomic E-state index is 0.316. The second kappa shape index (κ2) is 5.92. The first-order valence-electron chi connectivity index (χ1n) is 7.52. The van der Waals surface area contributed by atoms with Crippen molar-refractivity contribution in [2.45, 2.75) is 51.4 Å². The standard InChI is InChI=1S/C16H23NO3/c1-11-8-14(9-12(2)20-11)17-13-4-5-15-16(10-13)19-7-3-6-18-15/h4-5,10-12,14,17H,3,6-9H2,1-2H3. The molecule has 0 aliphatic carbocycles. The topological polar surface area (TPSA) is 39.7 Å². The number of nitrogens with one attached hydrogen (secondary N) is 1. The maximum atomic E-state index is 5.78. The largest absolute Gasteiger partial charge is 0.490 e. The summed E-state index contributed by atoms with van der Waals surface area (Å²) in [7, 11) is 0. The van der Waals surface area contributed by atoms with Crippen LogP contribution in [0.5, 0.6) is 11.5 Å². The van der Waals surface area contributed by atoms with Gasteiger partial charge in [-0.15, -0.1) is 0 Å². The van der Waals surface area contributed by atoms with Crippen molar-refractivity contribution in [3.05, 3.63) is 18.2 Å². The van der Waals surface area contributed by atoms with Gasteiger partial charge >= 0.3 is 0 Å². The average Bonchev–Trinajstić information content (AvgIpc) is 2.62. The molecule has 0 bridgehead atoms. The Morgan fingerprint density at radius 2 is 1.70 bits per heavy atom. The van der Waals surface area contributed by atoms with Crippen LogP contribution in [0.15, 0.2) is 18.2 Å². The summed E-state index contributed by atoms with van der Waals surface area (Å²) in [5.41, 5.74) is 1.10. The van der Waals surface area contributed by atoms with Gasteiger partial charge in [0.15, 0.2) is 11.5 Å². The highest BCUT2D eigenvalue weighted by Gasteiger charge is 2.24. The van der Waals surface area contributed by atoms with Gasteiger partial charge < -0.3 is 19.5 Å². The molecule has 0 aromatic heterocycles. The van der Waals surface area contributed by atoms with E-state index in [-0.39, 0.29) is 0 Å².